The predicted molar refractivity (Wildman–Crippen MR) is 119 cm³/mol. The van der Waals surface area contributed by atoms with Crippen molar-refractivity contribution >= 4 is 51.8 Å². The molecule has 0 saturated carbocycles. The Morgan fingerprint density at radius 2 is 2.14 bits per heavy atom. The van der Waals surface area contributed by atoms with E-state index < -0.39 is 6.61 Å². The molecule has 1 unspecified atom stereocenters. The van der Waals surface area contributed by atoms with Crippen LogP contribution in [0, 0.1) is 5.92 Å². The van der Waals surface area contributed by atoms with Crippen LogP contribution in [0.3, 0.4) is 0 Å². The zero-order chi connectivity index (χ0) is 20.0. The van der Waals surface area contributed by atoms with E-state index in [-0.39, 0.29) is 54.1 Å². The molecule has 28 heavy (non-hydrogen) atoms. The Bertz CT molecular complexity index is 692. The maximum Gasteiger partial charge on any atom is 0.387 e. The number of rotatable bonds is 6. The van der Waals surface area contributed by atoms with Gasteiger partial charge in [0.2, 0.25) is 5.91 Å². The molecule has 1 fully saturated rings. The highest BCUT2D eigenvalue weighted by Crippen LogP contribution is 2.24. The molecule has 6 nitrogen and oxygen atoms in total. The van der Waals surface area contributed by atoms with Crippen LogP contribution in [-0.2, 0) is 11.3 Å². The highest BCUT2D eigenvalue weighted by molar-refractivity contribution is 14.0. The number of hydrogen-bond donors (Lipinski definition) is 2. The third-order valence-corrected chi connectivity index (χ3v) is 4.74. The first-order chi connectivity index (χ1) is 12.8. The molecule has 10 heteroatoms. The van der Waals surface area contributed by atoms with E-state index in [1.165, 1.54) is 6.07 Å². The highest BCUT2D eigenvalue weighted by atomic mass is 127. The first-order valence-electron chi connectivity index (χ1n) is 8.79. The van der Waals surface area contributed by atoms with Crippen molar-refractivity contribution in [3.05, 3.63) is 28.2 Å². The largest absolute Gasteiger partial charge is 0.434 e. The smallest absolute Gasteiger partial charge is 0.387 e. The van der Waals surface area contributed by atoms with Crippen LogP contribution in [-0.4, -0.2) is 49.6 Å². The Labute approximate surface area is 189 Å². The fraction of sp³-hybridized carbons (Fsp3) is 0.556. The van der Waals surface area contributed by atoms with Crippen molar-refractivity contribution in [2.75, 3.05) is 20.1 Å². The zero-order valence-corrected chi connectivity index (χ0v) is 20.0. The lowest BCUT2D eigenvalue weighted by Crippen LogP contribution is -2.45. The first-order valence-corrected chi connectivity index (χ1v) is 9.58. The number of nitrogens with zero attached hydrogens (tertiary/aromatic N) is 2. The summed E-state index contributed by atoms with van der Waals surface area (Å²) >= 11 is 3.34. The summed E-state index contributed by atoms with van der Waals surface area (Å²) in [6.07, 6.45) is 0.829. The van der Waals surface area contributed by atoms with E-state index in [0.717, 1.165) is 10.9 Å². The summed E-state index contributed by atoms with van der Waals surface area (Å²) in [6.45, 7) is 2.49. The third-order valence-electron chi connectivity index (χ3n) is 4.24. The van der Waals surface area contributed by atoms with Crippen molar-refractivity contribution in [3.8, 4) is 5.75 Å². The van der Waals surface area contributed by atoms with Gasteiger partial charge in [-0.15, -0.1) is 24.0 Å². The molecule has 1 aromatic carbocycles. The van der Waals surface area contributed by atoms with E-state index >= 15 is 0 Å². The van der Waals surface area contributed by atoms with Crippen molar-refractivity contribution in [2.24, 2.45) is 10.9 Å². The van der Waals surface area contributed by atoms with Crippen LogP contribution in [0.5, 0.6) is 5.75 Å². The van der Waals surface area contributed by atoms with Gasteiger partial charge >= 0.3 is 6.61 Å². The molecule has 1 aliphatic heterocycles. The van der Waals surface area contributed by atoms with E-state index in [0.29, 0.717) is 24.6 Å². The number of ether oxygens (including phenoxy) is 1. The molecular formula is C18H26BrF2IN4O2. The van der Waals surface area contributed by atoms with Crippen LogP contribution in [0.2, 0.25) is 0 Å². The molecule has 0 aromatic heterocycles. The Balaban J connectivity index is 0.00000392. The van der Waals surface area contributed by atoms with Crippen molar-refractivity contribution < 1.29 is 18.3 Å². The number of aliphatic imine (C=N–C) groups is 1. The molecule has 1 aromatic rings. The average Bonchev–Trinajstić information content (AvgIpc) is 3.07. The van der Waals surface area contributed by atoms with Crippen molar-refractivity contribution in [1.29, 1.82) is 0 Å². The van der Waals surface area contributed by atoms with Gasteiger partial charge in [0.15, 0.2) is 5.96 Å². The molecule has 1 aliphatic rings. The van der Waals surface area contributed by atoms with Gasteiger partial charge in [-0.05, 0) is 24.6 Å². The Morgan fingerprint density at radius 1 is 1.43 bits per heavy atom. The molecule has 0 aliphatic carbocycles. The van der Waals surface area contributed by atoms with E-state index in [2.05, 4.69) is 36.3 Å². The molecule has 2 N–H and O–H groups in total. The summed E-state index contributed by atoms with van der Waals surface area (Å²) < 4.78 is 30.5. The monoisotopic (exact) mass is 574 g/mol. The van der Waals surface area contributed by atoms with Crippen LogP contribution < -0.4 is 15.4 Å². The maximum absolute atomic E-state index is 12.6. The van der Waals surface area contributed by atoms with Gasteiger partial charge in [-0.3, -0.25) is 9.79 Å². The molecule has 1 atom stereocenters. The SMILES string of the molecule is CN=C(NCc1cc(Br)ccc1OC(F)F)NC1CCN(C(=O)C(C)C)C1.I. The summed E-state index contributed by atoms with van der Waals surface area (Å²) in [7, 11) is 1.64. The highest BCUT2D eigenvalue weighted by Gasteiger charge is 2.28. The average molecular weight is 575 g/mol. The topological polar surface area (TPSA) is 66.0 Å². The van der Waals surface area contributed by atoms with Crippen LogP contribution in [0.4, 0.5) is 8.78 Å². The minimum atomic E-state index is -2.88. The Kier molecular flexibility index (Phi) is 10.4. The summed E-state index contributed by atoms with van der Waals surface area (Å²) in [4.78, 5) is 18.1. The molecule has 1 saturated heterocycles. The van der Waals surface area contributed by atoms with Crippen LogP contribution in [0.1, 0.15) is 25.8 Å². The van der Waals surface area contributed by atoms with E-state index in [1.54, 1.807) is 19.2 Å². The molecule has 158 valence electrons. The fourth-order valence-electron chi connectivity index (χ4n) is 2.91. The third kappa shape index (κ3) is 7.34. The lowest BCUT2D eigenvalue weighted by molar-refractivity contribution is -0.133. The predicted octanol–water partition coefficient (Wildman–Crippen LogP) is 3.59. The Morgan fingerprint density at radius 3 is 2.75 bits per heavy atom. The van der Waals surface area contributed by atoms with Gasteiger partial charge in [-0.1, -0.05) is 29.8 Å². The lowest BCUT2D eigenvalue weighted by Gasteiger charge is -2.20. The standard InChI is InChI=1S/C18H25BrF2N4O2.HI/c1-11(2)16(26)25-7-6-14(10-25)24-18(22-3)23-9-12-8-13(19)4-5-15(12)27-17(20)21;/h4-5,8,11,14,17H,6-7,9-10H2,1-3H3,(H2,22,23,24);1H. The molecular weight excluding hydrogens is 549 g/mol. The normalized spacial score (nSPS) is 16.9. The number of carbonyl (C=O) groups excluding carboxylic acids is 1. The van der Waals surface area contributed by atoms with Gasteiger partial charge in [0, 0.05) is 48.7 Å². The number of hydrogen-bond acceptors (Lipinski definition) is 3. The second-order valence-corrected chi connectivity index (χ2v) is 7.54. The van der Waals surface area contributed by atoms with Crippen LogP contribution in [0.15, 0.2) is 27.7 Å². The van der Waals surface area contributed by atoms with E-state index in [1.807, 2.05) is 18.7 Å². The number of alkyl halides is 2. The quantitative estimate of drug-likeness (QED) is 0.310. The maximum atomic E-state index is 12.6. The molecule has 0 radical (unpaired) electrons. The summed E-state index contributed by atoms with van der Waals surface area (Å²) in [6, 6.07) is 4.96. The van der Waals surface area contributed by atoms with Crippen LogP contribution >= 0.6 is 39.9 Å². The number of carbonyl (C=O) groups is 1. The number of benzene rings is 1. The van der Waals surface area contributed by atoms with Crippen molar-refractivity contribution in [3.63, 3.8) is 0 Å². The van der Waals surface area contributed by atoms with Crippen molar-refractivity contribution in [1.82, 2.24) is 15.5 Å². The van der Waals surface area contributed by atoms with Gasteiger partial charge in [0.1, 0.15) is 5.75 Å². The van der Waals surface area contributed by atoms with Crippen molar-refractivity contribution in [2.45, 2.75) is 39.5 Å². The molecule has 0 spiro atoms. The first kappa shape index (κ1) is 24.9. The van der Waals surface area contributed by atoms with E-state index in [4.69, 9.17) is 0 Å². The van der Waals surface area contributed by atoms with Crippen LogP contribution in [0.25, 0.3) is 0 Å². The van der Waals surface area contributed by atoms with Gasteiger partial charge in [-0.25, -0.2) is 0 Å². The number of amides is 1. The van der Waals surface area contributed by atoms with Gasteiger partial charge in [0.05, 0.1) is 0 Å². The molecule has 2 rings (SSSR count). The molecule has 1 amide bonds. The minimum Gasteiger partial charge on any atom is -0.434 e. The number of guanidine groups is 1. The number of likely N-dealkylation sites (tertiary alicyclic amines) is 1. The van der Waals surface area contributed by atoms with Gasteiger partial charge in [0.25, 0.3) is 0 Å². The second-order valence-electron chi connectivity index (χ2n) is 6.63. The number of halogens is 4. The van der Waals surface area contributed by atoms with Gasteiger partial charge < -0.3 is 20.3 Å². The van der Waals surface area contributed by atoms with Gasteiger partial charge in [-0.2, -0.15) is 8.78 Å². The summed E-state index contributed by atoms with van der Waals surface area (Å²) in [5, 5.41) is 6.39. The zero-order valence-electron chi connectivity index (χ0n) is 16.0. The summed E-state index contributed by atoms with van der Waals surface area (Å²) in [5.41, 5.74) is 0.579. The second kappa shape index (κ2) is 11.7. The minimum absolute atomic E-state index is 0. The lowest BCUT2D eigenvalue weighted by atomic mass is 10.2. The fourth-order valence-corrected chi connectivity index (χ4v) is 3.32. The Hall–Kier alpha value is -1.17. The number of nitrogens with one attached hydrogen (secondary N) is 2. The van der Waals surface area contributed by atoms with E-state index in [9.17, 15) is 13.6 Å². The molecule has 1 heterocycles. The summed E-state index contributed by atoms with van der Waals surface area (Å²) in [5.74, 6) is 0.781. The molecule has 0 bridgehead atoms.